The molecule has 0 heterocycles. The molecule has 0 saturated heterocycles. The molecule has 0 aliphatic carbocycles. The van der Waals surface area contributed by atoms with Gasteiger partial charge in [-0.1, -0.05) is 30.3 Å². The molecular formula is C19H19F3N2O4. The largest absolute Gasteiger partial charge is 0.573 e. The topological polar surface area (TPSA) is 87.7 Å². The molecule has 0 aromatic heterocycles. The Labute approximate surface area is 159 Å². The summed E-state index contributed by atoms with van der Waals surface area (Å²) in [5.74, 6) is -1.32. The van der Waals surface area contributed by atoms with Crippen LogP contribution in [0.5, 0.6) is 5.75 Å². The van der Waals surface area contributed by atoms with E-state index in [2.05, 4.69) is 15.4 Å². The van der Waals surface area contributed by atoms with Crippen LogP contribution in [0.3, 0.4) is 0 Å². The number of aliphatic hydroxyl groups excluding tert-OH is 1. The van der Waals surface area contributed by atoms with Crippen molar-refractivity contribution in [2.24, 2.45) is 0 Å². The third-order valence-electron chi connectivity index (χ3n) is 3.79. The number of alkyl halides is 3. The van der Waals surface area contributed by atoms with Gasteiger partial charge in [-0.05, 0) is 36.2 Å². The fourth-order valence-electron chi connectivity index (χ4n) is 2.37. The second-order valence-electron chi connectivity index (χ2n) is 5.93. The van der Waals surface area contributed by atoms with Gasteiger partial charge >= 0.3 is 6.36 Å². The molecule has 2 rings (SSSR count). The zero-order chi connectivity index (χ0) is 20.7. The summed E-state index contributed by atoms with van der Waals surface area (Å²) in [6.07, 6.45) is -5.92. The minimum atomic E-state index is -4.79. The number of ether oxygens (including phenoxy) is 1. The molecular weight excluding hydrogens is 377 g/mol. The minimum absolute atomic E-state index is 0.168. The number of aryl methyl sites for hydroxylation is 1. The molecule has 0 saturated carbocycles. The van der Waals surface area contributed by atoms with Crippen molar-refractivity contribution in [3.8, 4) is 5.75 Å². The molecule has 1 atom stereocenters. The number of hydrogen-bond donors (Lipinski definition) is 3. The Kier molecular flexibility index (Phi) is 7.00. The lowest BCUT2D eigenvalue weighted by molar-refractivity contribution is -0.274. The van der Waals surface area contributed by atoms with Crippen LogP contribution < -0.4 is 15.4 Å². The normalized spacial score (nSPS) is 12.2. The summed E-state index contributed by atoms with van der Waals surface area (Å²) >= 11 is 0. The van der Waals surface area contributed by atoms with Crippen LogP contribution >= 0.6 is 0 Å². The molecule has 6 nitrogen and oxygen atoms in total. The average Bonchev–Trinajstić information content (AvgIpc) is 2.64. The summed E-state index contributed by atoms with van der Waals surface area (Å²) < 4.78 is 40.1. The predicted molar refractivity (Wildman–Crippen MR) is 94.6 cm³/mol. The molecule has 1 unspecified atom stereocenters. The number of hydrogen-bond acceptors (Lipinski definition) is 4. The summed E-state index contributed by atoms with van der Waals surface area (Å²) in [7, 11) is 0. The van der Waals surface area contributed by atoms with Crippen molar-refractivity contribution in [3.63, 3.8) is 0 Å². The van der Waals surface area contributed by atoms with Crippen LogP contribution in [0, 0.1) is 6.92 Å². The van der Waals surface area contributed by atoms with E-state index in [1.807, 2.05) is 0 Å². The lowest BCUT2D eigenvalue weighted by atomic mass is 10.1. The molecule has 150 valence electrons. The number of amides is 2. The smallest absolute Gasteiger partial charge is 0.406 e. The SMILES string of the molecule is Cc1ccccc1C(=O)NCC(=O)NCC(O)c1ccc(OC(F)(F)F)cc1. The number of rotatable bonds is 7. The number of halogens is 3. The van der Waals surface area contributed by atoms with Gasteiger partial charge in [0, 0.05) is 12.1 Å². The molecule has 0 aliphatic heterocycles. The average molecular weight is 396 g/mol. The van der Waals surface area contributed by atoms with Crippen molar-refractivity contribution in [1.82, 2.24) is 10.6 Å². The van der Waals surface area contributed by atoms with Crippen molar-refractivity contribution >= 4 is 11.8 Å². The maximum atomic E-state index is 12.1. The van der Waals surface area contributed by atoms with Gasteiger partial charge in [0.1, 0.15) is 5.75 Å². The molecule has 0 radical (unpaired) electrons. The van der Waals surface area contributed by atoms with Crippen molar-refractivity contribution in [2.75, 3.05) is 13.1 Å². The van der Waals surface area contributed by atoms with Crippen molar-refractivity contribution in [1.29, 1.82) is 0 Å². The van der Waals surface area contributed by atoms with Gasteiger partial charge in [0.05, 0.1) is 12.6 Å². The molecule has 3 N–H and O–H groups in total. The Bertz CT molecular complexity index is 823. The summed E-state index contributed by atoms with van der Waals surface area (Å²) in [6, 6.07) is 11.6. The highest BCUT2D eigenvalue weighted by molar-refractivity contribution is 5.97. The van der Waals surface area contributed by atoms with Crippen LogP contribution in [0.25, 0.3) is 0 Å². The van der Waals surface area contributed by atoms with Gasteiger partial charge in [0.2, 0.25) is 5.91 Å². The molecule has 9 heteroatoms. The highest BCUT2D eigenvalue weighted by Gasteiger charge is 2.31. The van der Waals surface area contributed by atoms with Crippen LogP contribution in [0.4, 0.5) is 13.2 Å². The Morgan fingerprint density at radius 1 is 1.07 bits per heavy atom. The van der Waals surface area contributed by atoms with Gasteiger partial charge in [-0.15, -0.1) is 13.2 Å². The van der Waals surface area contributed by atoms with E-state index in [1.165, 1.54) is 12.1 Å². The van der Waals surface area contributed by atoms with E-state index in [1.54, 1.807) is 31.2 Å². The second kappa shape index (κ2) is 9.23. The molecule has 2 aromatic carbocycles. The number of carbonyl (C=O) groups excluding carboxylic acids is 2. The first kappa shape index (κ1) is 21.2. The van der Waals surface area contributed by atoms with Gasteiger partial charge < -0.3 is 20.5 Å². The number of benzene rings is 2. The molecule has 28 heavy (non-hydrogen) atoms. The molecule has 2 amide bonds. The van der Waals surface area contributed by atoms with E-state index in [-0.39, 0.29) is 13.1 Å². The van der Waals surface area contributed by atoms with Gasteiger partial charge in [-0.25, -0.2) is 0 Å². The minimum Gasteiger partial charge on any atom is -0.406 e. The zero-order valence-electron chi connectivity index (χ0n) is 14.9. The van der Waals surface area contributed by atoms with Crippen LogP contribution in [-0.2, 0) is 4.79 Å². The summed E-state index contributed by atoms with van der Waals surface area (Å²) in [5, 5.41) is 14.9. The maximum Gasteiger partial charge on any atom is 0.573 e. The van der Waals surface area contributed by atoms with Gasteiger partial charge in [-0.2, -0.15) is 0 Å². The number of nitrogens with one attached hydrogen (secondary N) is 2. The first-order valence-electron chi connectivity index (χ1n) is 8.30. The summed E-state index contributed by atoms with van der Waals surface area (Å²) in [6.45, 7) is 1.33. The zero-order valence-corrected chi connectivity index (χ0v) is 14.9. The Morgan fingerprint density at radius 2 is 1.71 bits per heavy atom. The monoisotopic (exact) mass is 396 g/mol. The first-order valence-corrected chi connectivity index (χ1v) is 8.30. The molecule has 0 bridgehead atoms. The standard InChI is InChI=1S/C19H19F3N2O4/c1-12-4-2-3-5-15(12)18(27)24-11-17(26)23-10-16(25)13-6-8-14(9-7-13)28-19(20,21)22/h2-9,16,25H,10-11H2,1H3,(H,23,26)(H,24,27). The molecule has 0 aliphatic rings. The van der Waals surface area contributed by atoms with Gasteiger partial charge in [0.25, 0.3) is 5.91 Å². The molecule has 0 spiro atoms. The van der Waals surface area contributed by atoms with E-state index in [4.69, 9.17) is 0 Å². The first-order chi connectivity index (χ1) is 13.2. The molecule has 2 aromatic rings. The highest BCUT2D eigenvalue weighted by Crippen LogP contribution is 2.24. The lowest BCUT2D eigenvalue weighted by Crippen LogP contribution is -2.38. The van der Waals surface area contributed by atoms with E-state index < -0.39 is 30.0 Å². The Balaban J connectivity index is 1.79. The van der Waals surface area contributed by atoms with Crippen LogP contribution in [-0.4, -0.2) is 36.4 Å². The quantitative estimate of drug-likeness (QED) is 0.671. The number of carbonyl (C=O) groups is 2. The van der Waals surface area contributed by atoms with E-state index in [0.717, 1.165) is 17.7 Å². The van der Waals surface area contributed by atoms with Gasteiger partial charge in [0.15, 0.2) is 0 Å². The fraction of sp³-hybridized carbons (Fsp3) is 0.263. The Hall–Kier alpha value is -3.07. The maximum absolute atomic E-state index is 12.1. The fourth-order valence-corrected chi connectivity index (χ4v) is 2.37. The summed E-state index contributed by atoms with van der Waals surface area (Å²) in [4.78, 5) is 23.9. The lowest BCUT2D eigenvalue weighted by Gasteiger charge is -2.14. The van der Waals surface area contributed by atoms with Crippen LogP contribution in [0.15, 0.2) is 48.5 Å². The van der Waals surface area contributed by atoms with E-state index >= 15 is 0 Å². The Morgan fingerprint density at radius 3 is 2.32 bits per heavy atom. The highest BCUT2D eigenvalue weighted by atomic mass is 19.4. The van der Waals surface area contributed by atoms with Crippen LogP contribution in [0.2, 0.25) is 0 Å². The van der Waals surface area contributed by atoms with Crippen molar-refractivity contribution < 1.29 is 32.6 Å². The third-order valence-corrected chi connectivity index (χ3v) is 3.79. The van der Waals surface area contributed by atoms with Crippen LogP contribution in [0.1, 0.15) is 27.6 Å². The van der Waals surface area contributed by atoms with Crippen molar-refractivity contribution in [3.05, 3.63) is 65.2 Å². The number of aliphatic hydroxyl groups is 1. The predicted octanol–water partition coefficient (Wildman–Crippen LogP) is 2.47. The third kappa shape index (κ3) is 6.58. The molecule has 0 fully saturated rings. The summed E-state index contributed by atoms with van der Waals surface area (Å²) in [5.41, 5.74) is 1.53. The van der Waals surface area contributed by atoms with Crippen molar-refractivity contribution in [2.45, 2.75) is 19.4 Å². The van der Waals surface area contributed by atoms with E-state index in [9.17, 15) is 27.9 Å². The van der Waals surface area contributed by atoms with E-state index in [0.29, 0.717) is 11.1 Å². The second-order valence-corrected chi connectivity index (χ2v) is 5.93. The van der Waals surface area contributed by atoms with Gasteiger partial charge in [-0.3, -0.25) is 9.59 Å².